The molecular weight excluding hydrogens is 262 g/mol. The zero-order valence-electron chi connectivity index (χ0n) is 12.9. The highest BCUT2D eigenvalue weighted by Crippen LogP contribution is 2.25. The number of hydrogen-bond donors (Lipinski definition) is 1. The highest BCUT2D eigenvalue weighted by atomic mass is 16.5. The summed E-state index contributed by atoms with van der Waals surface area (Å²) in [6.45, 7) is 3.47. The van der Waals surface area contributed by atoms with Crippen LogP contribution in [0.3, 0.4) is 0 Å². The fraction of sp³-hybridized carbons (Fsp3) is 0.333. The molecule has 0 aliphatic rings. The van der Waals surface area contributed by atoms with E-state index in [0.29, 0.717) is 6.54 Å². The first-order valence-electron chi connectivity index (χ1n) is 7.15. The van der Waals surface area contributed by atoms with Gasteiger partial charge in [-0.25, -0.2) is 0 Å². The van der Waals surface area contributed by atoms with Crippen LogP contribution in [0.15, 0.2) is 48.5 Å². The number of likely N-dealkylation sites (N-methyl/N-ethyl adjacent to an activating group) is 1. The van der Waals surface area contributed by atoms with E-state index in [4.69, 9.17) is 4.74 Å². The normalized spacial score (nSPS) is 12.4. The molecule has 1 atom stereocenters. The van der Waals surface area contributed by atoms with Crippen LogP contribution in [0.5, 0.6) is 5.75 Å². The van der Waals surface area contributed by atoms with E-state index in [0.717, 1.165) is 17.9 Å². The van der Waals surface area contributed by atoms with Crippen LogP contribution in [0.4, 0.5) is 0 Å². The number of aryl methyl sites for hydroxylation is 1. The number of para-hydroxylation sites is 1. The first-order chi connectivity index (χ1) is 10.1. The maximum absolute atomic E-state index is 10.4. The number of ether oxygens (including phenoxy) is 1. The maximum atomic E-state index is 10.4. The first kappa shape index (κ1) is 15.5. The van der Waals surface area contributed by atoms with Gasteiger partial charge in [-0.05, 0) is 25.6 Å². The molecule has 2 rings (SSSR count). The zero-order chi connectivity index (χ0) is 15.2. The molecule has 1 N–H and O–H groups in total. The Morgan fingerprint density at radius 2 is 1.90 bits per heavy atom. The predicted octanol–water partition coefficient (Wildman–Crippen LogP) is 3.17. The van der Waals surface area contributed by atoms with E-state index in [-0.39, 0.29) is 0 Å². The summed E-state index contributed by atoms with van der Waals surface area (Å²) in [5, 5.41) is 10.4. The number of methoxy groups -OCH3 is 1. The van der Waals surface area contributed by atoms with E-state index >= 15 is 0 Å². The third-order valence-electron chi connectivity index (χ3n) is 3.52. The van der Waals surface area contributed by atoms with Crippen molar-refractivity contribution in [2.45, 2.75) is 19.6 Å². The summed E-state index contributed by atoms with van der Waals surface area (Å²) in [6, 6.07) is 16.0. The van der Waals surface area contributed by atoms with E-state index in [2.05, 4.69) is 36.1 Å². The number of aliphatic hydroxyl groups excluding tert-OH is 1. The highest BCUT2D eigenvalue weighted by molar-refractivity contribution is 5.35. The average Bonchev–Trinajstić information content (AvgIpc) is 2.47. The Morgan fingerprint density at radius 1 is 1.14 bits per heavy atom. The monoisotopic (exact) mass is 285 g/mol. The Balaban J connectivity index is 2.00. The SMILES string of the molecule is COc1ccccc1C(O)CN(C)Cc1cccc(C)c1. The number of benzene rings is 2. The Hall–Kier alpha value is -1.84. The third-order valence-corrected chi connectivity index (χ3v) is 3.52. The molecule has 3 nitrogen and oxygen atoms in total. The molecule has 2 aromatic carbocycles. The summed E-state index contributed by atoms with van der Waals surface area (Å²) in [5.41, 5.74) is 3.34. The van der Waals surface area contributed by atoms with Gasteiger partial charge in [0, 0.05) is 18.7 Å². The molecule has 0 aliphatic carbocycles. The largest absolute Gasteiger partial charge is 0.496 e. The predicted molar refractivity (Wildman–Crippen MR) is 85.5 cm³/mol. The van der Waals surface area contributed by atoms with E-state index < -0.39 is 6.10 Å². The molecule has 0 heterocycles. The fourth-order valence-electron chi connectivity index (χ4n) is 2.52. The van der Waals surface area contributed by atoms with Crippen molar-refractivity contribution in [3.63, 3.8) is 0 Å². The van der Waals surface area contributed by atoms with Gasteiger partial charge in [0.2, 0.25) is 0 Å². The topological polar surface area (TPSA) is 32.7 Å². The summed E-state index contributed by atoms with van der Waals surface area (Å²) < 4.78 is 5.30. The minimum atomic E-state index is -0.559. The summed E-state index contributed by atoms with van der Waals surface area (Å²) >= 11 is 0. The Bertz CT molecular complexity index is 583. The van der Waals surface area contributed by atoms with Crippen molar-refractivity contribution in [1.82, 2.24) is 4.90 Å². The summed E-state index contributed by atoms with van der Waals surface area (Å²) in [7, 11) is 3.64. The minimum absolute atomic E-state index is 0.559. The lowest BCUT2D eigenvalue weighted by molar-refractivity contribution is 0.121. The fourth-order valence-corrected chi connectivity index (χ4v) is 2.52. The zero-order valence-corrected chi connectivity index (χ0v) is 12.9. The van der Waals surface area contributed by atoms with Gasteiger partial charge in [0.15, 0.2) is 0 Å². The lowest BCUT2D eigenvalue weighted by atomic mass is 10.1. The molecule has 0 aliphatic heterocycles. The van der Waals surface area contributed by atoms with Gasteiger partial charge in [0.1, 0.15) is 5.75 Å². The van der Waals surface area contributed by atoms with Crippen LogP contribution < -0.4 is 4.74 Å². The van der Waals surface area contributed by atoms with Crippen molar-refractivity contribution in [3.05, 3.63) is 65.2 Å². The van der Waals surface area contributed by atoms with Gasteiger partial charge in [-0.2, -0.15) is 0 Å². The van der Waals surface area contributed by atoms with Crippen molar-refractivity contribution in [2.24, 2.45) is 0 Å². The standard InChI is InChI=1S/C18H23NO2/c1-14-7-6-8-15(11-14)12-19(2)13-17(20)16-9-4-5-10-18(16)21-3/h4-11,17,20H,12-13H2,1-3H3. The Kier molecular flexibility index (Phi) is 5.37. The molecule has 2 aromatic rings. The molecule has 21 heavy (non-hydrogen) atoms. The number of nitrogens with zero attached hydrogens (tertiary/aromatic N) is 1. The molecule has 0 aromatic heterocycles. The highest BCUT2D eigenvalue weighted by Gasteiger charge is 2.15. The number of hydrogen-bond acceptors (Lipinski definition) is 3. The second kappa shape index (κ2) is 7.25. The quantitative estimate of drug-likeness (QED) is 0.885. The molecule has 0 amide bonds. The smallest absolute Gasteiger partial charge is 0.124 e. The average molecular weight is 285 g/mol. The van der Waals surface area contributed by atoms with Crippen molar-refractivity contribution >= 4 is 0 Å². The lowest BCUT2D eigenvalue weighted by Crippen LogP contribution is -2.24. The second-order valence-corrected chi connectivity index (χ2v) is 5.44. The van der Waals surface area contributed by atoms with E-state index in [9.17, 15) is 5.11 Å². The molecule has 0 fully saturated rings. The van der Waals surface area contributed by atoms with Crippen LogP contribution in [-0.2, 0) is 6.54 Å². The van der Waals surface area contributed by atoms with Crippen molar-refractivity contribution in [1.29, 1.82) is 0 Å². The molecule has 0 spiro atoms. The van der Waals surface area contributed by atoms with E-state index in [1.807, 2.05) is 31.3 Å². The minimum Gasteiger partial charge on any atom is -0.496 e. The number of aliphatic hydroxyl groups is 1. The van der Waals surface area contributed by atoms with Crippen molar-refractivity contribution in [3.8, 4) is 5.75 Å². The first-order valence-corrected chi connectivity index (χ1v) is 7.15. The van der Waals surface area contributed by atoms with Gasteiger partial charge in [-0.3, -0.25) is 4.90 Å². The van der Waals surface area contributed by atoms with Crippen LogP contribution in [0.25, 0.3) is 0 Å². The van der Waals surface area contributed by atoms with Gasteiger partial charge in [0.25, 0.3) is 0 Å². The molecule has 0 saturated carbocycles. The van der Waals surface area contributed by atoms with Crippen LogP contribution >= 0.6 is 0 Å². The summed E-state index contributed by atoms with van der Waals surface area (Å²) in [6.07, 6.45) is -0.559. The van der Waals surface area contributed by atoms with Crippen LogP contribution in [0.2, 0.25) is 0 Å². The summed E-state index contributed by atoms with van der Waals surface area (Å²) in [5.74, 6) is 0.731. The maximum Gasteiger partial charge on any atom is 0.124 e. The molecular formula is C18H23NO2. The molecule has 1 unspecified atom stereocenters. The molecule has 112 valence electrons. The van der Waals surface area contributed by atoms with Crippen LogP contribution in [0.1, 0.15) is 22.8 Å². The van der Waals surface area contributed by atoms with E-state index in [1.54, 1.807) is 7.11 Å². The molecule has 0 saturated heterocycles. The lowest BCUT2D eigenvalue weighted by Gasteiger charge is -2.22. The van der Waals surface area contributed by atoms with Crippen molar-refractivity contribution in [2.75, 3.05) is 20.7 Å². The third kappa shape index (κ3) is 4.31. The molecule has 3 heteroatoms. The van der Waals surface area contributed by atoms with E-state index in [1.165, 1.54) is 11.1 Å². The number of rotatable bonds is 6. The second-order valence-electron chi connectivity index (χ2n) is 5.44. The van der Waals surface area contributed by atoms with Gasteiger partial charge in [-0.1, -0.05) is 48.0 Å². The van der Waals surface area contributed by atoms with Crippen molar-refractivity contribution < 1.29 is 9.84 Å². The Morgan fingerprint density at radius 3 is 2.62 bits per heavy atom. The summed E-state index contributed by atoms with van der Waals surface area (Å²) in [4.78, 5) is 2.12. The van der Waals surface area contributed by atoms with Gasteiger partial charge < -0.3 is 9.84 Å². The Labute approximate surface area is 126 Å². The van der Waals surface area contributed by atoms with Gasteiger partial charge >= 0.3 is 0 Å². The van der Waals surface area contributed by atoms with Gasteiger partial charge in [-0.15, -0.1) is 0 Å². The molecule has 0 radical (unpaired) electrons. The van der Waals surface area contributed by atoms with Gasteiger partial charge in [0.05, 0.1) is 13.2 Å². The van der Waals surface area contributed by atoms with Crippen LogP contribution in [-0.4, -0.2) is 30.7 Å². The van der Waals surface area contributed by atoms with Crippen LogP contribution in [0, 0.1) is 6.92 Å². The molecule has 0 bridgehead atoms.